The van der Waals surface area contributed by atoms with Crippen LogP contribution in [0.3, 0.4) is 0 Å². The van der Waals surface area contributed by atoms with Gasteiger partial charge in [0.25, 0.3) is 5.56 Å². The van der Waals surface area contributed by atoms with Crippen molar-refractivity contribution >= 4 is 11.8 Å². The summed E-state index contributed by atoms with van der Waals surface area (Å²) in [6.07, 6.45) is 6.82. The molecule has 1 aliphatic carbocycles. The van der Waals surface area contributed by atoms with Crippen molar-refractivity contribution in [2.45, 2.75) is 58.3 Å². The van der Waals surface area contributed by atoms with Gasteiger partial charge in [-0.2, -0.15) is 0 Å². The normalized spacial score (nSPS) is 23.2. The number of carbonyl (C=O) groups is 2. The zero-order valence-electron chi connectivity index (χ0n) is 15.6. The van der Waals surface area contributed by atoms with Gasteiger partial charge in [-0.25, -0.2) is 0 Å². The molecule has 0 spiro atoms. The van der Waals surface area contributed by atoms with E-state index in [1.54, 1.807) is 0 Å². The minimum Gasteiger partial charge on any atom is -0.356 e. The summed E-state index contributed by atoms with van der Waals surface area (Å²) in [6, 6.07) is 0. The molecule has 2 heterocycles. The minimum atomic E-state index is -0.222. The fourth-order valence-corrected chi connectivity index (χ4v) is 4.22. The van der Waals surface area contributed by atoms with E-state index in [0.717, 1.165) is 49.8 Å². The molecule has 1 saturated carbocycles. The van der Waals surface area contributed by atoms with Gasteiger partial charge in [0.15, 0.2) is 0 Å². The second-order valence-electron chi connectivity index (χ2n) is 7.50. The Morgan fingerprint density at radius 1 is 1.12 bits per heavy atom. The molecule has 3 rings (SSSR count). The van der Waals surface area contributed by atoms with E-state index >= 15 is 0 Å². The molecule has 0 unspecified atom stereocenters. The van der Waals surface area contributed by atoms with Crippen LogP contribution in [0.4, 0.5) is 0 Å². The molecule has 1 aromatic rings. The molecule has 26 heavy (non-hydrogen) atoms. The summed E-state index contributed by atoms with van der Waals surface area (Å²) in [5, 5.41) is 8.56. The van der Waals surface area contributed by atoms with Gasteiger partial charge in [-0.3, -0.25) is 19.5 Å². The summed E-state index contributed by atoms with van der Waals surface area (Å²) in [5.41, 5.74) is 1.58. The zero-order valence-corrected chi connectivity index (χ0v) is 15.6. The molecule has 2 amide bonds. The third kappa shape index (κ3) is 4.02. The summed E-state index contributed by atoms with van der Waals surface area (Å²) in [4.78, 5) is 39.4. The van der Waals surface area contributed by atoms with Crippen LogP contribution in [0, 0.1) is 11.8 Å². The van der Waals surface area contributed by atoms with E-state index in [1.165, 1.54) is 0 Å². The number of carbonyl (C=O) groups excluding carboxylic acids is 2. The number of nitrogens with one attached hydrogen (secondary N) is 3. The van der Waals surface area contributed by atoms with Crippen molar-refractivity contribution < 1.29 is 9.59 Å². The molecule has 0 aromatic carbocycles. The number of rotatable bonds is 5. The zero-order chi connectivity index (χ0) is 18.5. The summed E-state index contributed by atoms with van der Waals surface area (Å²) in [7, 11) is 0. The topological polar surface area (TPSA) is 98.1 Å². The number of H-pyrrole nitrogens is 2. The number of nitrogens with zero attached hydrogens (tertiary/aromatic N) is 1. The van der Waals surface area contributed by atoms with Gasteiger partial charge >= 0.3 is 0 Å². The first kappa shape index (κ1) is 18.7. The smallest absolute Gasteiger partial charge is 0.267 e. The van der Waals surface area contributed by atoms with Crippen LogP contribution in [0.15, 0.2) is 4.79 Å². The Bertz CT molecular complexity index is 693. The Morgan fingerprint density at radius 2 is 1.85 bits per heavy atom. The largest absolute Gasteiger partial charge is 0.356 e. The standard InChI is InChI=1S/C19H30N4O3/c1-2-3-10-20-17(24)13-6-4-5-7-14(13)19(26)23-11-8-15-16(9-12-23)21-22-18(15)25/h13-14H,2-12H2,1H3,(H,20,24)(H2,21,22,25)/t13-,14+/m1/s1. The highest BCUT2D eigenvalue weighted by atomic mass is 16.2. The number of unbranched alkanes of at least 4 members (excludes halogenated alkanes) is 1. The maximum Gasteiger partial charge on any atom is 0.267 e. The van der Waals surface area contributed by atoms with Crippen LogP contribution in [0.1, 0.15) is 56.7 Å². The van der Waals surface area contributed by atoms with Gasteiger partial charge in [0.05, 0.1) is 0 Å². The Labute approximate surface area is 153 Å². The van der Waals surface area contributed by atoms with Crippen molar-refractivity contribution in [1.82, 2.24) is 20.4 Å². The summed E-state index contributed by atoms with van der Waals surface area (Å²) < 4.78 is 0. The number of hydrogen-bond donors (Lipinski definition) is 3. The number of aromatic amines is 2. The molecule has 1 aliphatic heterocycles. The van der Waals surface area contributed by atoms with Crippen LogP contribution in [0.25, 0.3) is 0 Å². The Balaban J connectivity index is 1.65. The monoisotopic (exact) mass is 362 g/mol. The van der Waals surface area contributed by atoms with Gasteiger partial charge < -0.3 is 15.3 Å². The van der Waals surface area contributed by atoms with Crippen LogP contribution in [0.2, 0.25) is 0 Å². The molecule has 3 N–H and O–H groups in total. The number of aromatic nitrogens is 2. The van der Waals surface area contributed by atoms with Gasteiger partial charge in [0.2, 0.25) is 11.8 Å². The lowest BCUT2D eigenvalue weighted by Crippen LogP contribution is -2.46. The van der Waals surface area contributed by atoms with Gasteiger partial charge in [-0.05, 0) is 25.7 Å². The molecule has 0 saturated heterocycles. The van der Waals surface area contributed by atoms with Crippen molar-refractivity contribution in [1.29, 1.82) is 0 Å². The molecule has 7 heteroatoms. The molecule has 2 atom stereocenters. The van der Waals surface area contributed by atoms with Gasteiger partial charge in [0.1, 0.15) is 0 Å². The highest BCUT2D eigenvalue weighted by Crippen LogP contribution is 2.32. The number of fused-ring (bicyclic) bond motifs is 1. The Morgan fingerprint density at radius 3 is 2.62 bits per heavy atom. The average Bonchev–Trinajstić information content (AvgIpc) is 2.88. The average molecular weight is 362 g/mol. The van der Waals surface area contributed by atoms with Crippen LogP contribution in [0.5, 0.6) is 0 Å². The molecule has 0 bridgehead atoms. The second-order valence-corrected chi connectivity index (χ2v) is 7.50. The SMILES string of the molecule is CCCCNC(=O)[C@@H]1CCCC[C@@H]1C(=O)N1CCc2[nH][nH]c(=O)c2CC1. The van der Waals surface area contributed by atoms with Crippen LogP contribution in [-0.4, -0.2) is 46.5 Å². The van der Waals surface area contributed by atoms with Crippen molar-refractivity contribution in [2.75, 3.05) is 19.6 Å². The minimum absolute atomic E-state index is 0.0352. The van der Waals surface area contributed by atoms with Crippen LogP contribution < -0.4 is 10.9 Å². The highest BCUT2D eigenvalue weighted by molar-refractivity contribution is 5.88. The quantitative estimate of drug-likeness (QED) is 0.690. The molecule has 0 radical (unpaired) electrons. The van der Waals surface area contributed by atoms with Crippen LogP contribution in [-0.2, 0) is 22.4 Å². The first-order valence-electron chi connectivity index (χ1n) is 9.96. The second kappa shape index (κ2) is 8.56. The molecule has 7 nitrogen and oxygen atoms in total. The predicted octanol–water partition coefficient (Wildman–Crippen LogP) is 1.35. The maximum atomic E-state index is 13.2. The van der Waals surface area contributed by atoms with E-state index in [1.807, 2.05) is 4.90 Å². The van der Waals surface area contributed by atoms with Crippen molar-refractivity contribution in [3.63, 3.8) is 0 Å². The van der Waals surface area contributed by atoms with E-state index in [9.17, 15) is 14.4 Å². The van der Waals surface area contributed by atoms with E-state index in [-0.39, 0.29) is 29.2 Å². The maximum absolute atomic E-state index is 13.2. The first-order valence-corrected chi connectivity index (χ1v) is 9.96. The number of hydrogen-bond acceptors (Lipinski definition) is 3. The van der Waals surface area contributed by atoms with E-state index < -0.39 is 0 Å². The summed E-state index contributed by atoms with van der Waals surface area (Å²) in [6.45, 7) is 3.93. The van der Waals surface area contributed by atoms with Crippen molar-refractivity contribution in [2.24, 2.45) is 11.8 Å². The third-order valence-electron chi connectivity index (χ3n) is 5.79. The molecule has 144 valence electrons. The Kier molecular flexibility index (Phi) is 6.16. The van der Waals surface area contributed by atoms with E-state index in [2.05, 4.69) is 22.4 Å². The molecule has 1 fully saturated rings. The lowest BCUT2D eigenvalue weighted by atomic mass is 9.77. The van der Waals surface area contributed by atoms with E-state index in [4.69, 9.17) is 0 Å². The fourth-order valence-electron chi connectivity index (χ4n) is 4.22. The first-order chi connectivity index (χ1) is 12.6. The third-order valence-corrected chi connectivity index (χ3v) is 5.79. The lowest BCUT2D eigenvalue weighted by Gasteiger charge is -2.33. The molecule has 2 aliphatic rings. The lowest BCUT2D eigenvalue weighted by molar-refractivity contribution is -0.143. The molecule has 1 aromatic heterocycles. The Hall–Kier alpha value is -2.05. The van der Waals surface area contributed by atoms with E-state index in [0.29, 0.717) is 32.5 Å². The fraction of sp³-hybridized carbons (Fsp3) is 0.737. The van der Waals surface area contributed by atoms with Crippen LogP contribution >= 0.6 is 0 Å². The molecular formula is C19H30N4O3. The summed E-state index contributed by atoms with van der Waals surface area (Å²) in [5.74, 6) is -0.312. The van der Waals surface area contributed by atoms with Crippen molar-refractivity contribution in [3.05, 3.63) is 21.6 Å². The van der Waals surface area contributed by atoms with Crippen molar-refractivity contribution in [3.8, 4) is 0 Å². The highest BCUT2D eigenvalue weighted by Gasteiger charge is 2.38. The number of amides is 2. The van der Waals surface area contributed by atoms with Gasteiger partial charge in [-0.15, -0.1) is 0 Å². The van der Waals surface area contributed by atoms with Gasteiger partial charge in [0, 0.05) is 49.1 Å². The van der Waals surface area contributed by atoms with Gasteiger partial charge in [-0.1, -0.05) is 26.2 Å². The predicted molar refractivity (Wildman–Crippen MR) is 98.8 cm³/mol. The molecular weight excluding hydrogens is 332 g/mol. The summed E-state index contributed by atoms with van der Waals surface area (Å²) >= 11 is 0.